The number of anilines is 1. The molecule has 1 aromatic carbocycles. The Kier molecular flexibility index (Phi) is 8.49. The molecule has 1 fully saturated rings. The van der Waals surface area contributed by atoms with E-state index in [1.54, 1.807) is 0 Å². The minimum Gasteiger partial charge on any atom is -0.463 e. The summed E-state index contributed by atoms with van der Waals surface area (Å²) in [5.41, 5.74) is 2.39. The number of carbonyl (C=O) groups is 2. The number of esters is 1. The number of rotatable bonds is 10. The highest BCUT2D eigenvalue weighted by atomic mass is 16.5. The van der Waals surface area contributed by atoms with Gasteiger partial charge in [-0.1, -0.05) is 52.2 Å². The molecule has 1 N–H and O–H groups in total. The van der Waals surface area contributed by atoms with Crippen LogP contribution in [-0.2, 0) is 19.7 Å². The smallest absolute Gasteiger partial charge is 0.305 e. The highest BCUT2D eigenvalue weighted by molar-refractivity contribution is 5.96. The Bertz CT molecular complexity index is 633. The van der Waals surface area contributed by atoms with Gasteiger partial charge in [-0.15, -0.1) is 0 Å². The highest BCUT2D eigenvalue weighted by Crippen LogP contribution is 2.31. The molecule has 1 aromatic rings. The van der Waals surface area contributed by atoms with Crippen molar-refractivity contribution in [1.82, 2.24) is 0 Å². The van der Waals surface area contributed by atoms with Crippen molar-refractivity contribution in [2.45, 2.75) is 83.6 Å². The van der Waals surface area contributed by atoms with Crippen LogP contribution in [0.3, 0.4) is 0 Å². The predicted molar refractivity (Wildman–Crippen MR) is 111 cm³/mol. The number of hydrogen-bond donors (Lipinski definition) is 1. The molecule has 1 aliphatic heterocycles. The topological polar surface area (TPSA) is 66.8 Å². The Labute approximate surface area is 169 Å². The number of unbranched alkanes of at least 4 members (excludes halogenated alkanes) is 3. The first-order valence-electron chi connectivity index (χ1n) is 10.5. The summed E-state index contributed by atoms with van der Waals surface area (Å²) in [5, 5.41) is 8.63. The normalized spacial score (nSPS) is 17.2. The molecule has 5 nitrogen and oxygen atoms in total. The van der Waals surface area contributed by atoms with Crippen LogP contribution in [0.15, 0.2) is 24.3 Å². The van der Waals surface area contributed by atoms with Gasteiger partial charge in [0.15, 0.2) is 0 Å². The van der Waals surface area contributed by atoms with E-state index < -0.39 is 0 Å². The number of hydrogen-bond acceptors (Lipinski definition) is 4. The maximum absolute atomic E-state index is 12.4. The molecule has 1 saturated heterocycles. The lowest BCUT2D eigenvalue weighted by Crippen LogP contribution is -2.32. The Balaban J connectivity index is 1.77. The van der Waals surface area contributed by atoms with Crippen LogP contribution in [0.25, 0.3) is 0 Å². The first-order valence-corrected chi connectivity index (χ1v) is 10.5. The first-order chi connectivity index (χ1) is 13.3. The van der Waals surface area contributed by atoms with Crippen LogP contribution in [0.1, 0.15) is 77.7 Å². The second kappa shape index (κ2) is 10.6. The van der Waals surface area contributed by atoms with Crippen LogP contribution in [0, 0.1) is 0 Å². The molecular formula is C23H35NO4. The molecule has 156 valence electrons. The number of carbonyl (C=O) groups excluding carboxylic acids is 2. The summed E-state index contributed by atoms with van der Waals surface area (Å²) in [6.07, 6.45) is 6.86. The third-order valence-electron chi connectivity index (χ3n) is 5.36. The summed E-state index contributed by atoms with van der Waals surface area (Å²) in [7, 11) is 0. The molecule has 0 bridgehead atoms. The molecule has 0 radical (unpaired) electrons. The zero-order chi connectivity index (χ0) is 20.6. The molecule has 28 heavy (non-hydrogen) atoms. The number of benzene rings is 1. The minimum absolute atomic E-state index is 0.0844. The van der Waals surface area contributed by atoms with Crippen molar-refractivity contribution in [3.63, 3.8) is 0 Å². The number of nitrogens with zero attached hydrogens (tertiary/aromatic N) is 1. The Morgan fingerprint density at radius 2 is 1.82 bits per heavy atom. The van der Waals surface area contributed by atoms with E-state index in [-0.39, 0.29) is 36.5 Å². The van der Waals surface area contributed by atoms with Gasteiger partial charge in [-0.05, 0) is 42.4 Å². The first kappa shape index (κ1) is 22.4. The Morgan fingerprint density at radius 3 is 2.46 bits per heavy atom. The van der Waals surface area contributed by atoms with Gasteiger partial charge in [-0.2, -0.15) is 0 Å². The fourth-order valence-corrected chi connectivity index (χ4v) is 3.73. The maximum Gasteiger partial charge on any atom is 0.305 e. The zero-order valence-electron chi connectivity index (χ0n) is 17.6. The summed E-state index contributed by atoms with van der Waals surface area (Å²) in [6, 6.07) is 8.70. The van der Waals surface area contributed by atoms with Gasteiger partial charge >= 0.3 is 5.97 Å². The molecule has 1 atom stereocenters. The van der Waals surface area contributed by atoms with Crippen molar-refractivity contribution < 1.29 is 19.4 Å². The van der Waals surface area contributed by atoms with Crippen LogP contribution in [0.4, 0.5) is 5.69 Å². The molecule has 0 spiro atoms. The van der Waals surface area contributed by atoms with E-state index in [1.165, 1.54) is 5.56 Å². The van der Waals surface area contributed by atoms with Crippen LogP contribution in [-0.4, -0.2) is 36.2 Å². The monoisotopic (exact) mass is 389 g/mol. The number of aliphatic hydroxyl groups excluding tert-OH is 1. The summed E-state index contributed by atoms with van der Waals surface area (Å²) in [4.78, 5) is 25.8. The van der Waals surface area contributed by atoms with Gasteiger partial charge in [-0.25, -0.2) is 0 Å². The standard InChI is InChI=1S/C23H35NO4/c1-23(2,3)18-10-12-20(13-11-18)24-19(14-15-21(24)26)8-6-4-5-7-9-22(27)28-17-16-25/h10-13,19,25H,4-9,14-17H2,1-3H3/t19-/m1/s1. The molecule has 0 aromatic heterocycles. The van der Waals surface area contributed by atoms with Gasteiger partial charge in [0.1, 0.15) is 6.61 Å². The van der Waals surface area contributed by atoms with Crippen molar-refractivity contribution >= 4 is 17.6 Å². The number of ether oxygens (including phenoxy) is 1. The molecule has 0 aliphatic carbocycles. The van der Waals surface area contributed by atoms with E-state index >= 15 is 0 Å². The summed E-state index contributed by atoms with van der Waals surface area (Å²) in [6.45, 7) is 6.54. The third-order valence-corrected chi connectivity index (χ3v) is 5.36. The van der Waals surface area contributed by atoms with Gasteiger partial charge in [0.05, 0.1) is 6.61 Å². The lowest BCUT2D eigenvalue weighted by atomic mass is 9.87. The average molecular weight is 390 g/mol. The van der Waals surface area contributed by atoms with Crippen molar-refractivity contribution in [3.8, 4) is 0 Å². The number of amides is 1. The van der Waals surface area contributed by atoms with Gasteiger partial charge in [-0.3, -0.25) is 9.59 Å². The van der Waals surface area contributed by atoms with Crippen molar-refractivity contribution in [2.75, 3.05) is 18.1 Å². The van der Waals surface area contributed by atoms with E-state index in [4.69, 9.17) is 9.84 Å². The molecule has 1 amide bonds. The Hall–Kier alpha value is -1.88. The van der Waals surface area contributed by atoms with E-state index in [1.807, 2.05) is 4.90 Å². The fraction of sp³-hybridized carbons (Fsp3) is 0.652. The van der Waals surface area contributed by atoms with E-state index in [0.29, 0.717) is 12.8 Å². The van der Waals surface area contributed by atoms with Crippen LogP contribution in [0.5, 0.6) is 0 Å². The molecule has 1 aliphatic rings. The fourth-order valence-electron chi connectivity index (χ4n) is 3.73. The molecule has 1 heterocycles. The van der Waals surface area contributed by atoms with Gasteiger partial charge in [0.25, 0.3) is 0 Å². The second-order valence-electron chi connectivity index (χ2n) is 8.65. The minimum atomic E-state index is -0.236. The maximum atomic E-state index is 12.4. The summed E-state index contributed by atoms with van der Waals surface area (Å²) < 4.78 is 4.85. The van der Waals surface area contributed by atoms with E-state index in [0.717, 1.165) is 44.2 Å². The second-order valence-corrected chi connectivity index (χ2v) is 8.65. The third kappa shape index (κ3) is 6.62. The van der Waals surface area contributed by atoms with Crippen LogP contribution in [0.2, 0.25) is 0 Å². The van der Waals surface area contributed by atoms with Crippen LogP contribution >= 0.6 is 0 Å². The van der Waals surface area contributed by atoms with Crippen molar-refractivity contribution in [1.29, 1.82) is 0 Å². The molecule has 2 rings (SSSR count). The van der Waals surface area contributed by atoms with E-state index in [2.05, 4.69) is 45.0 Å². The van der Waals surface area contributed by atoms with Crippen molar-refractivity contribution in [2.24, 2.45) is 0 Å². The van der Waals surface area contributed by atoms with Gasteiger partial charge < -0.3 is 14.7 Å². The van der Waals surface area contributed by atoms with Gasteiger partial charge in [0.2, 0.25) is 5.91 Å². The summed E-state index contributed by atoms with van der Waals surface area (Å²) in [5.74, 6) is -0.0135. The van der Waals surface area contributed by atoms with Crippen LogP contribution < -0.4 is 4.90 Å². The molecule has 5 heteroatoms. The largest absolute Gasteiger partial charge is 0.463 e. The highest BCUT2D eigenvalue weighted by Gasteiger charge is 2.31. The average Bonchev–Trinajstić information content (AvgIpc) is 3.02. The molecule has 0 saturated carbocycles. The summed E-state index contributed by atoms with van der Waals surface area (Å²) >= 11 is 0. The Morgan fingerprint density at radius 1 is 1.14 bits per heavy atom. The quantitative estimate of drug-likeness (QED) is 0.477. The molecular weight excluding hydrogens is 354 g/mol. The SMILES string of the molecule is CC(C)(C)c1ccc(N2C(=O)CC[C@H]2CCCCCCC(=O)OCCO)cc1. The van der Waals surface area contributed by atoms with E-state index in [9.17, 15) is 9.59 Å². The number of aliphatic hydroxyl groups is 1. The lowest BCUT2D eigenvalue weighted by molar-refractivity contribution is -0.144. The zero-order valence-corrected chi connectivity index (χ0v) is 17.6. The molecule has 0 unspecified atom stereocenters. The predicted octanol–water partition coefficient (Wildman–Crippen LogP) is 4.36. The lowest BCUT2D eigenvalue weighted by Gasteiger charge is -2.26. The van der Waals surface area contributed by atoms with Gasteiger partial charge in [0, 0.05) is 24.6 Å². The van der Waals surface area contributed by atoms with Crippen molar-refractivity contribution in [3.05, 3.63) is 29.8 Å².